The molecule has 6 rings (SSSR count). The summed E-state index contributed by atoms with van der Waals surface area (Å²) in [6.07, 6.45) is -0.327. The Hall–Kier alpha value is -5.32. The van der Waals surface area contributed by atoms with Crippen LogP contribution < -0.4 is 10.1 Å². The second-order valence-electron chi connectivity index (χ2n) is 15.2. The van der Waals surface area contributed by atoms with Gasteiger partial charge >= 0.3 is 18.0 Å². The second kappa shape index (κ2) is 15.3. The summed E-state index contributed by atoms with van der Waals surface area (Å²) < 4.78 is 22.2. The number of carbonyl (C=O) groups excluding carboxylic acids is 4. The van der Waals surface area contributed by atoms with Crippen LogP contribution in [0.1, 0.15) is 88.2 Å². The van der Waals surface area contributed by atoms with Crippen molar-refractivity contribution in [3.63, 3.8) is 0 Å². The molecule has 2 heterocycles. The zero-order chi connectivity index (χ0) is 38.0. The summed E-state index contributed by atoms with van der Waals surface area (Å²) >= 11 is 0. The fourth-order valence-corrected chi connectivity index (χ4v) is 7.73. The molecule has 0 radical (unpaired) electrons. The molecule has 2 N–H and O–H groups in total. The van der Waals surface area contributed by atoms with Gasteiger partial charge in [0.2, 0.25) is 5.91 Å². The highest BCUT2D eigenvalue weighted by atomic mass is 16.6. The normalized spacial score (nSPS) is 17.1. The molecule has 1 aliphatic carbocycles. The molecule has 1 aromatic heterocycles. The van der Waals surface area contributed by atoms with Gasteiger partial charge in [-0.2, -0.15) is 0 Å². The lowest BCUT2D eigenvalue weighted by atomic mass is 9.86. The molecule has 4 aromatic rings. The van der Waals surface area contributed by atoms with Crippen LogP contribution in [0.5, 0.6) is 5.75 Å². The first-order chi connectivity index (χ1) is 25.3. The summed E-state index contributed by atoms with van der Waals surface area (Å²) in [7, 11) is 2.90. The number of aromatic amines is 1. The van der Waals surface area contributed by atoms with Crippen LogP contribution in [0.2, 0.25) is 0 Å². The lowest BCUT2D eigenvalue weighted by Gasteiger charge is -2.43. The van der Waals surface area contributed by atoms with Gasteiger partial charge in [0.1, 0.15) is 30.0 Å². The van der Waals surface area contributed by atoms with Crippen molar-refractivity contribution in [2.45, 2.75) is 89.9 Å². The number of hydrogen-bond acceptors (Lipinski definition) is 8. The zero-order valence-electron chi connectivity index (χ0n) is 31.5. The molecule has 2 amide bonds. The number of H-pyrrole nitrogens is 1. The monoisotopic (exact) mass is 723 g/mol. The summed E-state index contributed by atoms with van der Waals surface area (Å²) in [4.78, 5) is 60.2. The van der Waals surface area contributed by atoms with Crippen LogP contribution in [0, 0.1) is 5.92 Å². The van der Waals surface area contributed by atoms with Crippen LogP contribution in [0.25, 0.3) is 22.0 Å². The molecule has 0 fully saturated rings. The van der Waals surface area contributed by atoms with Gasteiger partial charge in [0.15, 0.2) is 0 Å². The van der Waals surface area contributed by atoms with E-state index >= 15 is 0 Å². The Kier molecular flexibility index (Phi) is 10.8. The maximum absolute atomic E-state index is 14.9. The van der Waals surface area contributed by atoms with Crippen LogP contribution in [-0.2, 0) is 35.0 Å². The van der Waals surface area contributed by atoms with Crippen molar-refractivity contribution >= 4 is 34.8 Å². The third kappa shape index (κ3) is 7.89. The lowest BCUT2D eigenvalue weighted by Crippen LogP contribution is -2.58. The number of amides is 2. The number of ether oxygens (including phenoxy) is 4. The molecule has 11 nitrogen and oxygen atoms in total. The summed E-state index contributed by atoms with van der Waals surface area (Å²) in [6.45, 7) is 9.43. The molecule has 0 bridgehead atoms. The fraction of sp³-hybridized carbons (Fsp3) is 0.429. The Morgan fingerprint density at radius 3 is 2.21 bits per heavy atom. The molecule has 3 atom stereocenters. The third-order valence-electron chi connectivity index (χ3n) is 9.96. The first kappa shape index (κ1) is 37.4. The Morgan fingerprint density at radius 1 is 0.943 bits per heavy atom. The topological polar surface area (TPSA) is 136 Å². The molecule has 0 saturated carbocycles. The number of rotatable bonds is 11. The first-order valence-electron chi connectivity index (χ1n) is 18.2. The van der Waals surface area contributed by atoms with Crippen molar-refractivity contribution in [2.75, 3.05) is 20.8 Å². The van der Waals surface area contributed by atoms with Crippen LogP contribution in [0.4, 0.5) is 4.79 Å². The molecule has 0 unspecified atom stereocenters. The standard InChI is InChI=1S/C42H49N3O8/c1-24(2)20-35-38-31(30-17-16-25(50-6)21-34(30)43-38)22-36(40(48)51-7)45(35)39(47)33(18-19-37(46)53-42(3,4)5)44-41(49)52-23-32-28-14-10-8-12-26(28)27-13-9-11-15-29(27)32/h8-17,21,24,32-33,35-36,43H,18-20,22-23H2,1-7H3,(H,44,49)/t33-,35-,36-/m0/s1. The third-order valence-corrected chi connectivity index (χ3v) is 9.96. The molecule has 11 heteroatoms. The Bertz CT molecular complexity index is 1970. The minimum atomic E-state index is -1.22. The Balaban J connectivity index is 1.32. The molecule has 280 valence electrons. The zero-order valence-corrected chi connectivity index (χ0v) is 31.5. The van der Waals surface area contributed by atoms with Gasteiger partial charge in [-0.25, -0.2) is 9.59 Å². The van der Waals surface area contributed by atoms with Crippen molar-refractivity contribution in [1.29, 1.82) is 0 Å². The smallest absolute Gasteiger partial charge is 0.407 e. The van der Waals surface area contributed by atoms with E-state index in [-0.39, 0.29) is 37.7 Å². The van der Waals surface area contributed by atoms with Gasteiger partial charge in [0.05, 0.1) is 20.3 Å². The second-order valence-corrected chi connectivity index (χ2v) is 15.2. The van der Waals surface area contributed by atoms with Gasteiger partial charge in [0, 0.05) is 41.4 Å². The molecular weight excluding hydrogens is 674 g/mol. The highest BCUT2D eigenvalue weighted by molar-refractivity contribution is 5.93. The van der Waals surface area contributed by atoms with E-state index in [4.69, 9.17) is 18.9 Å². The van der Waals surface area contributed by atoms with Gasteiger partial charge in [-0.1, -0.05) is 62.4 Å². The molecular formula is C42H49N3O8. The summed E-state index contributed by atoms with van der Waals surface area (Å²) in [6, 6.07) is 19.0. The number of carbonyl (C=O) groups is 4. The van der Waals surface area contributed by atoms with Gasteiger partial charge in [-0.15, -0.1) is 0 Å². The maximum Gasteiger partial charge on any atom is 0.407 e. The van der Waals surface area contributed by atoms with Gasteiger partial charge in [-0.3, -0.25) is 9.59 Å². The Morgan fingerprint density at radius 2 is 1.60 bits per heavy atom. The number of aromatic nitrogens is 1. The van der Waals surface area contributed by atoms with Gasteiger partial charge < -0.3 is 34.1 Å². The van der Waals surface area contributed by atoms with Crippen LogP contribution >= 0.6 is 0 Å². The van der Waals surface area contributed by atoms with E-state index in [0.29, 0.717) is 12.2 Å². The lowest BCUT2D eigenvalue weighted by molar-refractivity contribution is -0.158. The largest absolute Gasteiger partial charge is 0.497 e. The average Bonchev–Trinajstić information content (AvgIpc) is 3.65. The first-order valence-corrected chi connectivity index (χ1v) is 18.2. The molecule has 53 heavy (non-hydrogen) atoms. The van der Waals surface area contributed by atoms with Crippen molar-refractivity contribution in [1.82, 2.24) is 15.2 Å². The quantitative estimate of drug-likeness (QED) is 0.122. The number of nitrogens with one attached hydrogen (secondary N) is 2. The SMILES string of the molecule is COC(=O)[C@@H]1Cc2c([nH]c3cc(OC)ccc23)[C@H](CC(C)C)N1C(=O)[C@H](CCC(=O)OC(C)(C)C)NC(=O)OCC1c2ccccc2-c2ccccc21. The van der Waals surface area contributed by atoms with E-state index < -0.39 is 47.7 Å². The molecule has 1 aliphatic heterocycles. The number of hydrogen-bond donors (Lipinski definition) is 2. The number of benzene rings is 3. The van der Waals surface area contributed by atoms with E-state index in [9.17, 15) is 19.2 Å². The maximum atomic E-state index is 14.9. The summed E-state index contributed by atoms with van der Waals surface area (Å²) in [5.41, 5.74) is 6.09. The van der Waals surface area contributed by atoms with Gasteiger partial charge in [-0.05, 0) is 79.5 Å². The van der Waals surface area contributed by atoms with Crippen molar-refractivity contribution in [2.24, 2.45) is 5.92 Å². The highest BCUT2D eigenvalue weighted by Gasteiger charge is 2.46. The number of methoxy groups -OCH3 is 2. The van der Waals surface area contributed by atoms with Crippen LogP contribution in [0.15, 0.2) is 66.7 Å². The summed E-state index contributed by atoms with van der Waals surface area (Å²) in [5, 5.41) is 3.71. The number of fused-ring (bicyclic) bond motifs is 6. The summed E-state index contributed by atoms with van der Waals surface area (Å²) in [5.74, 6) is -1.01. The molecule has 2 aliphatic rings. The number of esters is 2. The fourth-order valence-electron chi connectivity index (χ4n) is 7.73. The van der Waals surface area contributed by atoms with E-state index in [1.165, 1.54) is 12.0 Å². The van der Waals surface area contributed by atoms with E-state index in [1.54, 1.807) is 27.9 Å². The van der Waals surface area contributed by atoms with Crippen LogP contribution in [0.3, 0.4) is 0 Å². The minimum Gasteiger partial charge on any atom is -0.497 e. The molecule has 3 aromatic carbocycles. The minimum absolute atomic E-state index is 0.0409. The average molecular weight is 724 g/mol. The van der Waals surface area contributed by atoms with E-state index in [2.05, 4.69) is 22.4 Å². The highest BCUT2D eigenvalue weighted by Crippen LogP contribution is 2.45. The molecule has 0 spiro atoms. The predicted molar refractivity (Wildman–Crippen MR) is 200 cm³/mol. The van der Waals surface area contributed by atoms with Crippen molar-refractivity contribution in [3.05, 3.63) is 89.1 Å². The Labute approximate surface area is 310 Å². The number of alkyl carbamates (subject to hydrolysis) is 1. The van der Waals surface area contributed by atoms with Crippen molar-refractivity contribution in [3.8, 4) is 16.9 Å². The van der Waals surface area contributed by atoms with E-state index in [1.807, 2.05) is 68.4 Å². The van der Waals surface area contributed by atoms with Crippen LogP contribution in [-0.4, -0.2) is 72.3 Å². The number of nitrogens with zero attached hydrogens (tertiary/aromatic N) is 1. The molecule has 0 saturated heterocycles. The van der Waals surface area contributed by atoms with E-state index in [0.717, 1.165) is 44.4 Å². The van der Waals surface area contributed by atoms with Crippen molar-refractivity contribution < 1.29 is 38.1 Å². The predicted octanol–water partition coefficient (Wildman–Crippen LogP) is 7.22. The van der Waals surface area contributed by atoms with Gasteiger partial charge in [0.25, 0.3) is 0 Å².